The number of aromatic nitrogens is 3. The van der Waals surface area contributed by atoms with Crippen molar-refractivity contribution in [2.45, 2.75) is 32.3 Å². The highest BCUT2D eigenvalue weighted by molar-refractivity contribution is 5.41. The van der Waals surface area contributed by atoms with Crippen LogP contribution in [0.2, 0.25) is 0 Å². The van der Waals surface area contributed by atoms with Crippen LogP contribution in [-0.2, 0) is 19.4 Å². The lowest BCUT2D eigenvalue weighted by Gasteiger charge is -2.13. The maximum atomic E-state index is 9.36. The van der Waals surface area contributed by atoms with Gasteiger partial charge in [0.1, 0.15) is 0 Å². The van der Waals surface area contributed by atoms with Crippen molar-refractivity contribution in [1.82, 2.24) is 15.0 Å². The quantitative estimate of drug-likeness (QED) is 0.851. The molecular formula is C13H15N3O. The number of benzene rings is 1. The van der Waals surface area contributed by atoms with Gasteiger partial charge >= 0.3 is 0 Å². The summed E-state index contributed by atoms with van der Waals surface area (Å²) in [7, 11) is 0. The summed E-state index contributed by atoms with van der Waals surface area (Å²) in [6.45, 7) is 0.0325. The minimum absolute atomic E-state index is 0.0325. The third-order valence-corrected chi connectivity index (χ3v) is 3.31. The number of fused-ring (bicyclic) bond motifs is 1. The first kappa shape index (κ1) is 10.5. The molecule has 1 N–H and O–H groups in total. The molecule has 3 rings (SSSR count). The average molecular weight is 229 g/mol. The number of hydrogen-bond donors (Lipinski definition) is 1. The summed E-state index contributed by atoms with van der Waals surface area (Å²) in [5.74, 6) is 0. The number of aliphatic hydroxyl groups is 1. The molecule has 1 heterocycles. The van der Waals surface area contributed by atoms with Gasteiger partial charge in [-0.25, -0.2) is 4.68 Å². The number of rotatable bonds is 2. The number of para-hydroxylation sites is 1. The molecule has 88 valence electrons. The standard InChI is InChI=1S/C13H15N3O/c17-9-10-5-1-3-7-12(10)16-13-8-4-2-6-11(13)14-15-16/h1,3,5,7,17H,2,4,6,8-9H2. The molecule has 0 amide bonds. The number of aliphatic hydroxyl groups excluding tert-OH is 1. The molecule has 0 atom stereocenters. The molecule has 1 aromatic carbocycles. The molecule has 0 spiro atoms. The average Bonchev–Trinajstić information content (AvgIpc) is 2.82. The van der Waals surface area contributed by atoms with Gasteiger partial charge in [-0.2, -0.15) is 0 Å². The zero-order valence-electron chi connectivity index (χ0n) is 9.63. The molecule has 2 aromatic rings. The SMILES string of the molecule is OCc1ccccc1-n1nnc2c1CCCC2. The van der Waals surface area contributed by atoms with E-state index in [2.05, 4.69) is 10.3 Å². The first-order valence-corrected chi connectivity index (χ1v) is 6.03. The Bertz CT molecular complexity index is 533. The van der Waals surface area contributed by atoms with Gasteiger partial charge in [0.25, 0.3) is 0 Å². The summed E-state index contributed by atoms with van der Waals surface area (Å²) < 4.78 is 1.89. The van der Waals surface area contributed by atoms with Crippen LogP contribution in [0.15, 0.2) is 24.3 Å². The summed E-state index contributed by atoms with van der Waals surface area (Å²) in [6.07, 6.45) is 4.45. The van der Waals surface area contributed by atoms with Crippen molar-refractivity contribution in [2.24, 2.45) is 0 Å². The molecule has 4 heteroatoms. The Labute approximate surface area is 99.9 Å². The highest BCUT2D eigenvalue weighted by atomic mass is 16.3. The van der Waals surface area contributed by atoms with Gasteiger partial charge in [0.15, 0.2) is 0 Å². The largest absolute Gasteiger partial charge is 0.392 e. The predicted octanol–water partition coefficient (Wildman–Crippen LogP) is 1.64. The van der Waals surface area contributed by atoms with Crippen LogP contribution >= 0.6 is 0 Å². The van der Waals surface area contributed by atoms with Crippen LogP contribution in [0, 0.1) is 0 Å². The zero-order chi connectivity index (χ0) is 11.7. The van der Waals surface area contributed by atoms with E-state index >= 15 is 0 Å². The van der Waals surface area contributed by atoms with Crippen LogP contribution in [0.5, 0.6) is 0 Å². The van der Waals surface area contributed by atoms with Crippen LogP contribution in [-0.4, -0.2) is 20.1 Å². The van der Waals surface area contributed by atoms with Crippen molar-refractivity contribution in [2.75, 3.05) is 0 Å². The first-order chi connectivity index (χ1) is 8.40. The molecule has 1 aromatic heterocycles. The molecule has 0 bridgehead atoms. The monoisotopic (exact) mass is 229 g/mol. The summed E-state index contributed by atoms with van der Waals surface area (Å²) in [5, 5.41) is 17.8. The Kier molecular flexibility index (Phi) is 2.65. The van der Waals surface area contributed by atoms with Crippen LogP contribution < -0.4 is 0 Å². The van der Waals surface area contributed by atoms with Crippen LogP contribution in [0.3, 0.4) is 0 Å². The molecule has 17 heavy (non-hydrogen) atoms. The van der Waals surface area contributed by atoms with Crippen LogP contribution in [0.4, 0.5) is 0 Å². The molecule has 0 saturated carbocycles. The van der Waals surface area contributed by atoms with Crippen molar-refractivity contribution < 1.29 is 5.11 Å². The maximum Gasteiger partial charge on any atom is 0.0863 e. The highest BCUT2D eigenvalue weighted by Gasteiger charge is 2.18. The van der Waals surface area contributed by atoms with Gasteiger partial charge in [-0.3, -0.25) is 0 Å². The van der Waals surface area contributed by atoms with E-state index in [0.29, 0.717) is 0 Å². The first-order valence-electron chi connectivity index (χ1n) is 6.03. The highest BCUT2D eigenvalue weighted by Crippen LogP contribution is 2.23. The summed E-state index contributed by atoms with van der Waals surface area (Å²) in [5.41, 5.74) is 4.16. The van der Waals surface area contributed by atoms with Gasteiger partial charge in [0.2, 0.25) is 0 Å². The molecule has 0 saturated heterocycles. The Hall–Kier alpha value is -1.68. The molecule has 1 aliphatic carbocycles. The summed E-state index contributed by atoms with van der Waals surface area (Å²) in [4.78, 5) is 0. The number of nitrogens with zero attached hydrogens (tertiary/aromatic N) is 3. The van der Waals surface area contributed by atoms with E-state index in [1.54, 1.807) is 0 Å². The van der Waals surface area contributed by atoms with E-state index in [1.165, 1.54) is 18.5 Å². The summed E-state index contributed by atoms with van der Waals surface area (Å²) >= 11 is 0. The van der Waals surface area contributed by atoms with E-state index < -0.39 is 0 Å². The number of hydrogen-bond acceptors (Lipinski definition) is 3. The van der Waals surface area contributed by atoms with Crippen molar-refractivity contribution in [3.05, 3.63) is 41.2 Å². The van der Waals surface area contributed by atoms with Gasteiger partial charge < -0.3 is 5.11 Å². The molecule has 1 aliphatic rings. The Morgan fingerprint density at radius 3 is 2.88 bits per heavy atom. The molecule has 0 fully saturated rings. The Morgan fingerprint density at radius 1 is 1.18 bits per heavy atom. The van der Waals surface area contributed by atoms with E-state index in [1.807, 2.05) is 28.9 Å². The van der Waals surface area contributed by atoms with Gasteiger partial charge in [0.05, 0.1) is 23.7 Å². The van der Waals surface area contributed by atoms with E-state index in [9.17, 15) is 5.11 Å². The normalized spacial score (nSPS) is 14.6. The molecule has 4 nitrogen and oxygen atoms in total. The van der Waals surface area contributed by atoms with Gasteiger partial charge in [0, 0.05) is 5.56 Å². The Balaban J connectivity index is 2.12. The summed E-state index contributed by atoms with van der Waals surface area (Å²) in [6, 6.07) is 7.80. The van der Waals surface area contributed by atoms with Crippen molar-refractivity contribution in [3.8, 4) is 5.69 Å². The minimum atomic E-state index is 0.0325. The lowest BCUT2D eigenvalue weighted by Crippen LogP contribution is -2.09. The van der Waals surface area contributed by atoms with Crippen molar-refractivity contribution >= 4 is 0 Å². The van der Waals surface area contributed by atoms with E-state index in [0.717, 1.165) is 29.8 Å². The molecule has 0 unspecified atom stereocenters. The predicted molar refractivity (Wildman–Crippen MR) is 63.9 cm³/mol. The van der Waals surface area contributed by atoms with Gasteiger partial charge in [-0.1, -0.05) is 23.4 Å². The fourth-order valence-corrected chi connectivity index (χ4v) is 2.41. The van der Waals surface area contributed by atoms with E-state index in [-0.39, 0.29) is 6.61 Å². The van der Waals surface area contributed by atoms with Crippen LogP contribution in [0.1, 0.15) is 29.8 Å². The lowest BCUT2D eigenvalue weighted by atomic mass is 10.0. The topological polar surface area (TPSA) is 50.9 Å². The second kappa shape index (κ2) is 4.30. The second-order valence-electron chi connectivity index (χ2n) is 4.39. The van der Waals surface area contributed by atoms with Gasteiger partial charge in [-0.05, 0) is 31.7 Å². The Morgan fingerprint density at radius 2 is 2.00 bits per heavy atom. The fraction of sp³-hybridized carbons (Fsp3) is 0.385. The van der Waals surface area contributed by atoms with Crippen molar-refractivity contribution in [1.29, 1.82) is 0 Å². The minimum Gasteiger partial charge on any atom is -0.392 e. The second-order valence-corrected chi connectivity index (χ2v) is 4.39. The maximum absolute atomic E-state index is 9.36. The third-order valence-electron chi connectivity index (χ3n) is 3.31. The molecule has 0 aliphatic heterocycles. The molecule has 0 radical (unpaired) electrons. The number of aryl methyl sites for hydroxylation is 1. The van der Waals surface area contributed by atoms with Crippen molar-refractivity contribution in [3.63, 3.8) is 0 Å². The fourth-order valence-electron chi connectivity index (χ4n) is 2.41. The smallest absolute Gasteiger partial charge is 0.0863 e. The van der Waals surface area contributed by atoms with E-state index in [4.69, 9.17) is 0 Å². The third kappa shape index (κ3) is 1.74. The lowest BCUT2D eigenvalue weighted by molar-refractivity contribution is 0.281. The zero-order valence-corrected chi connectivity index (χ0v) is 9.63. The van der Waals surface area contributed by atoms with Crippen LogP contribution in [0.25, 0.3) is 5.69 Å². The molecular weight excluding hydrogens is 214 g/mol. The van der Waals surface area contributed by atoms with Gasteiger partial charge in [-0.15, -0.1) is 5.10 Å².